The minimum Gasteiger partial charge on any atom is -0.381 e. The smallest absolute Gasteiger partial charge is 0.123 e. The maximum atomic E-state index is 12.8. The van der Waals surface area contributed by atoms with E-state index in [0.29, 0.717) is 12.5 Å². The topological polar surface area (TPSA) is 47.3 Å². The maximum absolute atomic E-state index is 12.8. The molecule has 1 fully saturated rings. The second-order valence-electron chi connectivity index (χ2n) is 3.82. The van der Waals surface area contributed by atoms with E-state index >= 15 is 0 Å². The Kier molecular flexibility index (Phi) is 3.30. The summed E-state index contributed by atoms with van der Waals surface area (Å²) in [7, 11) is 0. The highest BCUT2D eigenvalue weighted by Crippen LogP contribution is 2.27. The molecule has 1 saturated heterocycles. The monoisotopic (exact) mass is 210 g/mol. The zero-order chi connectivity index (χ0) is 10.7. The number of halogens is 1. The molecule has 0 aromatic heterocycles. The molecule has 0 spiro atoms. The lowest BCUT2D eigenvalue weighted by atomic mass is 9.93. The van der Waals surface area contributed by atoms with Gasteiger partial charge in [-0.1, -0.05) is 12.1 Å². The molecule has 1 aromatic rings. The van der Waals surface area contributed by atoms with E-state index in [4.69, 9.17) is 10.6 Å². The average Bonchev–Trinajstić information content (AvgIpc) is 2.75. The molecule has 1 aromatic carbocycles. The van der Waals surface area contributed by atoms with Crippen molar-refractivity contribution in [2.24, 2.45) is 11.8 Å². The van der Waals surface area contributed by atoms with E-state index in [0.717, 1.165) is 18.6 Å². The molecular weight excluding hydrogens is 195 g/mol. The molecule has 0 bridgehead atoms. The number of hydrogen-bond acceptors (Lipinski definition) is 3. The van der Waals surface area contributed by atoms with Crippen LogP contribution in [0.5, 0.6) is 0 Å². The molecule has 2 unspecified atom stereocenters. The molecule has 0 saturated carbocycles. The summed E-state index contributed by atoms with van der Waals surface area (Å²) in [5.41, 5.74) is 3.79. The van der Waals surface area contributed by atoms with Crippen LogP contribution in [0.15, 0.2) is 24.3 Å². The van der Waals surface area contributed by atoms with Crippen LogP contribution in [-0.4, -0.2) is 13.2 Å². The van der Waals surface area contributed by atoms with E-state index in [2.05, 4.69) is 5.43 Å². The molecule has 1 aliphatic rings. The average molecular weight is 210 g/mol. The highest BCUT2D eigenvalue weighted by atomic mass is 19.1. The second kappa shape index (κ2) is 4.70. The summed E-state index contributed by atoms with van der Waals surface area (Å²) in [5, 5.41) is 0. The van der Waals surface area contributed by atoms with Crippen LogP contribution in [0.2, 0.25) is 0 Å². The van der Waals surface area contributed by atoms with E-state index in [1.54, 1.807) is 12.1 Å². The lowest BCUT2D eigenvalue weighted by molar-refractivity contribution is 0.177. The van der Waals surface area contributed by atoms with E-state index in [9.17, 15) is 4.39 Å². The van der Waals surface area contributed by atoms with Gasteiger partial charge in [0.15, 0.2) is 0 Å². The van der Waals surface area contributed by atoms with Gasteiger partial charge < -0.3 is 4.74 Å². The normalized spacial score (nSPS) is 22.9. The van der Waals surface area contributed by atoms with Crippen LogP contribution in [0.1, 0.15) is 18.0 Å². The van der Waals surface area contributed by atoms with E-state index in [-0.39, 0.29) is 11.9 Å². The predicted molar refractivity (Wildman–Crippen MR) is 55.4 cm³/mol. The molecule has 82 valence electrons. The van der Waals surface area contributed by atoms with Crippen molar-refractivity contribution >= 4 is 0 Å². The Bertz CT molecular complexity index is 309. The summed E-state index contributed by atoms with van der Waals surface area (Å²) in [6, 6.07) is 6.48. The summed E-state index contributed by atoms with van der Waals surface area (Å²) >= 11 is 0. The molecule has 1 aliphatic heterocycles. The van der Waals surface area contributed by atoms with E-state index in [1.165, 1.54) is 12.1 Å². The second-order valence-corrected chi connectivity index (χ2v) is 3.82. The van der Waals surface area contributed by atoms with Crippen LogP contribution in [0.25, 0.3) is 0 Å². The van der Waals surface area contributed by atoms with Crippen molar-refractivity contribution in [3.63, 3.8) is 0 Å². The Labute approximate surface area is 88.4 Å². The zero-order valence-corrected chi connectivity index (χ0v) is 8.45. The van der Waals surface area contributed by atoms with Crippen molar-refractivity contribution in [1.29, 1.82) is 0 Å². The highest BCUT2D eigenvalue weighted by molar-refractivity contribution is 5.20. The van der Waals surface area contributed by atoms with Crippen LogP contribution in [0.3, 0.4) is 0 Å². The molecule has 3 N–H and O–H groups in total. The van der Waals surface area contributed by atoms with E-state index in [1.807, 2.05) is 0 Å². The van der Waals surface area contributed by atoms with Gasteiger partial charge in [-0.3, -0.25) is 11.3 Å². The number of benzene rings is 1. The van der Waals surface area contributed by atoms with Crippen molar-refractivity contribution in [3.05, 3.63) is 35.6 Å². The van der Waals surface area contributed by atoms with Gasteiger partial charge in [-0.05, 0) is 24.1 Å². The fourth-order valence-corrected chi connectivity index (χ4v) is 1.99. The highest BCUT2D eigenvalue weighted by Gasteiger charge is 2.25. The maximum Gasteiger partial charge on any atom is 0.123 e. The predicted octanol–water partition coefficient (Wildman–Crippen LogP) is 1.37. The van der Waals surface area contributed by atoms with Crippen LogP contribution in [0.4, 0.5) is 4.39 Å². The van der Waals surface area contributed by atoms with Gasteiger partial charge in [0.05, 0.1) is 12.6 Å². The summed E-state index contributed by atoms with van der Waals surface area (Å²) in [4.78, 5) is 0. The van der Waals surface area contributed by atoms with Crippen molar-refractivity contribution in [1.82, 2.24) is 5.43 Å². The van der Waals surface area contributed by atoms with Crippen molar-refractivity contribution in [2.45, 2.75) is 12.5 Å². The first-order chi connectivity index (χ1) is 7.31. The molecule has 15 heavy (non-hydrogen) atoms. The fraction of sp³-hybridized carbons (Fsp3) is 0.455. The summed E-state index contributed by atoms with van der Waals surface area (Å²) in [6.07, 6.45) is 0.992. The lowest BCUT2D eigenvalue weighted by Crippen LogP contribution is -2.33. The van der Waals surface area contributed by atoms with Crippen molar-refractivity contribution in [2.75, 3.05) is 13.2 Å². The number of hydrazine groups is 1. The van der Waals surface area contributed by atoms with Crippen LogP contribution >= 0.6 is 0 Å². The Morgan fingerprint density at radius 3 is 2.67 bits per heavy atom. The van der Waals surface area contributed by atoms with Crippen molar-refractivity contribution < 1.29 is 9.13 Å². The number of hydrogen-bond donors (Lipinski definition) is 2. The molecule has 1 heterocycles. The third-order valence-corrected chi connectivity index (χ3v) is 2.84. The van der Waals surface area contributed by atoms with Gasteiger partial charge in [0.1, 0.15) is 5.82 Å². The first-order valence-corrected chi connectivity index (χ1v) is 5.10. The summed E-state index contributed by atoms with van der Waals surface area (Å²) in [6.45, 7) is 1.50. The van der Waals surface area contributed by atoms with Gasteiger partial charge in [-0.25, -0.2) is 4.39 Å². The third kappa shape index (κ3) is 2.34. The molecule has 0 radical (unpaired) electrons. The molecule has 0 amide bonds. The molecular formula is C11H15FN2O. The first kappa shape index (κ1) is 10.5. The minimum absolute atomic E-state index is 0.0492. The van der Waals surface area contributed by atoms with Gasteiger partial charge in [-0.2, -0.15) is 0 Å². The number of nitrogens with one attached hydrogen (secondary N) is 1. The number of nitrogens with two attached hydrogens (primary N) is 1. The van der Waals surface area contributed by atoms with Gasteiger partial charge in [0.2, 0.25) is 0 Å². The van der Waals surface area contributed by atoms with Gasteiger partial charge in [-0.15, -0.1) is 0 Å². The Balaban J connectivity index is 2.14. The van der Waals surface area contributed by atoms with Crippen LogP contribution in [0, 0.1) is 11.7 Å². The van der Waals surface area contributed by atoms with E-state index < -0.39 is 0 Å². The standard InChI is InChI=1S/C11H15FN2O/c12-10-3-1-8(2-4-10)11(14-13)9-5-6-15-7-9/h1-4,9,11,14H,5-7,13H2. The summed E-state index contributed by atoms with van der Waals surface area (Å²) < 4.78 is 18.1. The van der Waals surface area contributed by atoms with Crippen LogP contribution < -0.4 is 11.3 Å². The molecule has 3 nitrogen and oxygen atoms in total. The van der Waals surface area contributed by atoms with Crippen LogP contribution in [-0.2, 0) is 4.74 Å². The molecule has 0 aliphatic carbocycles. The third-order valence-electron chi connectivity index (χ3n) is 2.84. The molecule has 2 atom stereocenters. The lowest BCUT2D eigenvalue weighted by Gasteiger charge is -2.21. The fourth-order valence-electron chi connectivity index (χ4n) is 1.99. The van der Waals surface area contributed by atoms with Gasteiger partial charge in [0, 0.05) is 12.5 Å². The molecule has 4 heteroatoms. The van der Waals surface area contributed by atoms with Gasteiger partial charge >= 0.3 is 0 Å². The molecule has 2 rings (SSSR count). The summed E-state index contributed by atoms with van der Waals surface area (Å²) in [5.74, 6) is 5.67. The Morgan fingerprint density at radius 2 is 2.13 bits per heavy atom. The van der Waals surface area contributed by atoms with Gasteiger partial charge in [0.25, 0.3) is 0 Å². The number of ether oxygens (including phenoxy) is 1. The first-order valence-electron chi connectivity index (χ1n) is 5.10. The quantitative estimate of drug-likeness (QED) is 0.585. The van der Waals surface area contributed by atoms with Crippen molar-refractivity contribution in [3.8, 4) is 0 Å². The zero-order valence-electron chi connectivity index (χ0n) is 8.45. The largest absolute Gasteiger partial charge is 0.381 e. The number of rotatable bonds is 3. The minimum atomic E-state index is -0.225. The SMILES string of the molecule is NNC(c1ccc(F)cc1)C1CCOC1. The Morgan fingerprint density at radius 1 is 1.40 bits per heavy atom. The Hall–Kier alpha value is -0.970.